The molecule has 3 aromatic rings. The average molecular weight is 412 g/mol. The third-order valence-corrected chi connectivity index (χ3v) is 5.77. The van der Waals surface area contributed by atoms with E-state index in [9.17, 15) is 17.6 Å². The predicted molar refractivity (Wildman–Crippen MR) is 110 cm³/mol. The highest BCUT2D eigenvalue weighted by molar-refractivity contribution is 7.92. The van der Waals surface area contributed by atoms with Gasteiger partial charge in [0.2, 0.25) is 5.91 Å². The van der Waals surface area contributed by atoms with Crippen molar-refractivity contribution in [3.05, 3.63) is 95.8 Å². The molecule has 0 spiro atoms. The summed E-state index contributed by atoms with van der Waals surface area (Å²) >= 11 is 0. The average Bonchev–Trinajstić information content (AvgIpc) is 2.70. The van der Waals surface area contributed by atoms with Gasteiger partial charge >= 0.3 is 0 Å². The van der Waals surface area contributed by atoms with E-state index in [0.29, 0.717) is 5.69 Å². The second-order valence-corrected chi connectivity index (χ2v) is 8.32. The summed E-state index contributed by atoms with van der Waals surface area (Å²) in [6.07, 6.45) is 0.183. The summed E-state index contributed by atoms with van der Waals surface area (Å²) < 4.78 is 40.1. The largest absolute Gasteiger partial charge is 0.349 e. The second-order valence-electron chi connectivity index (χ2n) is 6.63. The number of benzene rings is 3. The maximum Gasteiger partial charge on any atom is 0.261 e. The molecule has 0 saturated carbocycles. The SMILES string of the molecule is CC(NC(=O)Cc1ccc(NS(=O)(=O)c2ccc(F)cc2)cc1)c1ccccc1. The van der Waals surface area contributed by atoms with Gasteiger partial charge in [0.25, 0.3) is 10.0 Å². The molecule has 0 saturated heterocycles. The first-order valence-corrected chi connectivity index (χ1v) is 10.5. The molecule has 0 aliphatic carbocycles. The van der Waals surface area contributed by atoms with E-state index in [1.54, 1.807) is 24.3 Å². The van der Waals surface area contributed by atoms with Crippen LogP contribution in [-0.2, 0) is 21.2 Å². The molecule has 0 aliphatic rings. The summed E-state index contributed by atoms with van der Waals surface area (Å²) in [5.41, 5.74) is 2.13. The molecule has 150 valence electrons. The molecular formula is C22H21FN2O3S. The number of sulfonamides is 1. The van der Waals surface area contributed by atoms with Gasteiger partial charge in [-0.25, -0.2) is 12.8 Å². The normalized spacial score (nSPS) is 12.2. The van der Waals surface area contributed by atoms with Crippen LogP contribution in [0.2, 0.25) is 0 Å². The van der Waals surface area contributed by atoms with Crippen LogP contribution in [0.1, 0.15) is 24.1 Å². The Morgan fingerprint density at radius 3 is 2.17 bits per heavy atom. The fourth-order valence-corrected chi connectivity index (χ4v) is 3.88. The molecule has 5 nitrogen and oxygen atoms in total. The highest BCUT2D eigenvalue weighted by atomic mass is 32.2. The first-order valence-electron chi connectivity index (χ1n) is 9.05. The van der Waals surface area contributed by atoms with E-state index < -0.39 is 15.8 Å². The number of nitrogens with one attached hydrogen (secondary N) is 2. The summed E-state index contributed by atoms with van der Waals surface area (Å²) in [5.74, 6) is -0.630. The monoisotopic (exact) mass is 412 g/mol. The van der Waals surface area contributed by atoms with Crippen molar-refractivity contribution in [1.82, 2.24) is 5.32 Å². The highest BCUT2D eigenvalue weighted by Crippen LogP contribution is 2.18. The summed E-state index contributed by atoms with van der Waals surface area (Å²) in [6, 6.07) is 20.7. The molecule has 7 heteroatoms. The minimum absolute atomic E-state index is 0.0303. The topological polar surface area (TPSA) is 75.3 Å². The highest BCUT2D eigenvalue weighted by Gasteiger charge is 2.14. The number of halogens is 1. The standard InChI is InChI=1S/C22H21FN2O3S/c1-16(18-5-3-2-4-6-18)24-22(26)15-17-7-11-20(12-8-17)25-29(27,28)21-13-9-19(23)10-14-21/h2-14,16,25H,15H2,1H3,(H,24,26). The minimum Gasteiger partial charge on any atom is -0.349 e. The van der Waals surface area contributed by atoms with Gasteiger partial charge in [-0.3, -0.25) is 9.52 Å². The van der Waals surface area contributed by atoms with E-state index in [-0.39, 0.29) is 23.3 Å². The number of rotatable bonds is 7. The molecule has 2 N–H and O–H groups in total. The predicted octanol–water partition coefficient (Wildman–Crippen LogP) is 4.05. The molecule has 0 fully saturated rings. The third kappa shape index (κ3) is 5.65. The Morgan fingerprint density at radius 1 is 0.931 bits per heavy atom. The molecule has 29 heavy (non-hydrogen) atoms. The number of anilines is 1. The van der Waals surface area contributed by atoms with Gasteiger partial charge in [-0.05, 0) is 54.4 Å². The number of hydrogen-bond donors (Lipinski definition) is 2. The molecule has 0 radical (unpaired) electrons. The quantitative estimate of drug-likeness (QED) is 0.615. The smallest absolute Gasteiger partial charge is 0.261 e. The van der Waals surface area contributed by atoms with Crippen LogP contribution < -0.4 is 10.0 Å². The summed E-state index contributed by atoms with van der Waals surface area (Å²) in [5, 5.41) is 2.94. The molecule has 1 amide bonds. The zero-order chi connectivity index (χ0) is 20.9. The Bertz CT molecular complexity index is 1070. The zero-order valence-corrected chi connectivity index (χ0v) is 16.6. The van der Waals surface area contributed by atoms with Crippen molar-refractivity contribution in [3.8, 4) is 0 Å². The van der Waals surface area contributed by atoms with Crippen LogP contribution in [0.5, 0.6) is 0 Å². The molecule has 0 aliphatic heterocycles. The Kier molecular flexibility index (Phi) is 6.29. The maximum absolute atomic E-state index is 13.0. The van der Waals surface area contributed by atoms with Gasteiger partial charge in [-0.1, -0.05) is 42.5 Å². The molecular weight excluding hydrogens is 391 g/mol. The Balaban J connectivity index is 1.60. The lowest BCUT2D eigenvalue weighted by atomic mass is 10.1. The Morgan fingerprint density at radius 2 is 1.55 bits per heavy atom. The van der Waals surface area contributed by atoms with Gasteiger partial charge in [0, 0.05) is 5.69 Å². The van der Waals surface area contributed by atoms with Crippen molar-refractivity contribution in [2.45, 2.75) is 24.3 Å². The lowest BCUT2D eigenvalue weighted by Gasteiger charge is -2.14. The van der Waals surface area contributed by atoms with E-state index in [0.717, 1.165) is 23.3 Å². The lowest BCUT2D eigenvalue weighted by Crippen LogP contribution is -2.28. The maximum atomic E-state index is 13.0. The minimum atomic E-state index is -3.81. The van der Waals surface area contributed by atoms with E-state index >= 15 is 0 Å². The van der Waals surface area contributed by atoms with E-state index in [1.165, 1.54) is 12.1 Å². The number of amides is 1. The number of carbonyl (C=O) groups is 1. The van der Waals surface area contributed by atoms with Gasteiger partial charge in [0.1, 0.15) is 5.82 Å². The van der Waals surface area contributed by atoms with Gasteiger partial charge in [0.05, 0.1) is 17.4 Å². The molecule has 0 heterocycles. The Hall–Kier alpha value is -3.19. The lowest BCUT2D eigenvalue weighted by molar-refractivity contribution is -0.121. The molecule has 3 aromatic carbocycles. The zero-order valence-electron chi connectivity index (χ0n) is 15.8. The van der Waals surface area contributed by atoms with E-state index in [4.69, 9.17) is 0 Å². The first kappa shape index (κ1) is 20.5. The second kappa shape index (κ2) is 8.87. The van der Waals surface area contributed by atoms with Crippen LogP contribution in [0.4, 0.5) is 10.1 Å². The molecule has 0 aromatic heterocycles. The van der Waals surface area contributed by atoms with Crippen LogP contribution >= 0.6 is 0 Å². The van der Waals surface area contributed by atoms with Crippen LogP contribution in [0.3, 0.4) is 0 Å². The van der Waals surface area contributed by atoms with Gasteiger partial charge in [-0.2, -0.15) is 0 Å². The van der Waals surface area contributed by atoms with E-state index in [2.05, 4.69) is 10.0 Å². The molecule has 1 unspecified atom stereocenters. The summed E-state index contributed by atoms with van der Waals surface area (Å²) in [4.78, 5) is 12.2. The van der Waals surface area contributed by atoms with Crippen LogP contribution in [0.15, 0.2) is 83.8 Å². The van der Waals surface area contributed by atoms with Crippen molar-refractivity contribution < 1.29 is 17.6 Å². The van der Waals surface area contributed by atoms with Crippen molar-refractivity contribution in [2.24, 2.45) is 0 Å². The molecule has 3 rings (SSSR count). The van der Waals surface area contributed by atoms with Gasteiger partial charge < -0.3 is 5.32 Å². The van der Waals surface area contributed by atoms with Crippen molar-refractivity contribution in [1.29, 1.82) is 0 Å². The summed E-state index contributed by atoms with van der Waals surface area (Å²) in [6.45, 7) is 1.92. The van der Waals surface area contributed by atoms with E-state index in [1.807, 2.05) is 37.3 Å². The number of carbonyl (C=O) groups excluding carboxylic acids is 1. The van der Waals surface area contributed by atoms with Crippen LogP contribution in [0, 0.1) is 5.82 Å². The van der Waals surface area contributed by atoms with Crippen molar-refractivity contribution in [3.63, 3.8) is 0 Å². The van der Waals surface area contributed by atoms with Gasteiger partial charge in [0.15, 0.2) is 0 Å². The van der Waals surface area contributed by atoms with Crippen LogP contribution in [0.25, 0.3) is 0 Å². The van der Waals surface area contributed by atoms with Crippen LogP contribution in [-0.4, -0.2) is 14.3 Å². The van der Waals surface area contributed by atoms with Gasteiger partial charge in [-0.15, -0.1) is 0 Å². The Labute approximate surface area is 169 Å². The summed E-state index contributed by atoms with van der Waals surface area (Å²) in [7, 11) is -3.81. The first-order chi connectivity index (χ1) is 13.8. The van der Waals surface area contributed by atoms with Crippen molar-refractivity contribution in [2.75, 3.05) is 4.72 Å². The fourth-order valence-electron chi connectivity index (χ4n) is 2.82. The third-order valence-electron chi connectivity index (χ3n) is 4.37. The molecule has 0 bridgehead atoms. The fraction of sp³-hybridized carbons (Fsp3) is 0.136. The molecule has 1 atom stereocenters. The number of hydrogen-bond acceptors (Lipinski definition) is 3. The van der Waals surface area contributed by atoms with Crippen molar-refractivity contribution >= 4 is 21.6 Å².